The van der Waals surface area contributed by atoms with Gasteiger partial charge >= 0.3 is 6.09 Å². The van der Waals surface area contributed by atoms with Gasteiger partial charge in [0.05, 0.1) is 16.1 Å². The summed E-state index contributed by atoms with van der Waals surface area (Å²) in [6.45, 7) is 2.56. The molecule has 26 heavy (non-hydrogen) atoms. The zero-order valence-corrected chi connectivity index (χ0v) is 14.7. The van der Waals surface area contributed by atoms with Crippen molar-refractivity contribution in [2.75, 3.05) is 5.32 Å². The number of anilines is 1. The van der Waals surface area contributed by atoms with Crippen LogP contribution in [-0.4, -0.2) is 10.7 Å². The molecule has 1 amide bonds. The summed E-state index contributed by atoms with van der Waals surface area (Å²) in [6, 6.07) is 12.7. The Labute approximate surface area is 154 Å². The van der Waals surface area contributed by atoms with Crippen LogP contribution in [-0.2, 0) is 6.54 Å². The van der Waals surface area contributed by atoms with Crippen LogP contribution in [0.4, 0.5) is 14.9 Å². The zero-order valence-electron chi connectivity index (χ0n) is 13.9. The zero-order chi connectivity index (χ0) is 18.7. The molecular formula is C19H15ClFN3O2. The number of halogens is 2. The minimum atomic E-state index is -0.730. The number of aromatic nitrogens is 1. The van der Waals surface area contributed by atoms with Gasteiger partial charge in [-0.3, -0.25) is 5.32 Å². The monoisotopic (exact) mass is 371 g/mol. The van der Waals surface area contributed by atoms with Crippen LogP contribution in [0.3, 0.4) is 0 Å². The summed E-state index contributed by atoms with van der Waals surface area (Å²) in [5.74, 6) is -0.120. The summed E-state index contributed by atoms with van der Waals surface area (Å²) >= 11 is 5.95. The topological polar surface area (TPSA) is 67.0 Å². The summed E-state index contributed by atoms with van der Waals surface area (Å²) in [7, 11) is 0. The van der Waals surface area contributed by atoms with Crippen LogP contribution in [0.2, 0.25) is 5.02 Å². The van der Waals surface area contributed by atoms with E-state index in [9.17, 15) is 9.18 Å². The van der Waals surface area contributed by atoms with Crippen molar-refractivity contribution in [2.45, 2.75) is 19.9 Å². The van der Waals surface area contributed by atoms with E-state index in [2.05, 4.69) is 5.32 Å². The molecule has 0 saturated heterocycles. The van der Waals surface area contributed by atoms with Crippen molar-refractivity contribution in [3.63, 3.8) is 0 Å². The number of nitriles is 1. The predicted octanol–water partition coefficient (Wildman–Crippen LogP) is 5.33. The Kier molecular flexibility index (Phi) is 5.10. The lowest BCUT2D eigenvalue weighted by Gasteiger charge is -2.11. The number of amides is 1. The van der Waals surface area contributed by atoms with E-state index in [4.69, 9.17) is 21.6 Å². The maximum absolute atomic E-state index is 14.0. The number of nitrogens with zero attached hydrogens (tertiary/aromatic N) is 2. The molecule has 2 aromatic carbocycles. The molecule has 0 atom stereocenters. The normalized spacial score (nSPS) is 10.5. The number of hydrogen-bond donors (Lipinski definition) is 1. The Morgan fingerprint density at radius 2 is 2.15 bits per heavy atom. The Hall–Kier alpha value is -3.04. The van der Waals surface area contributed by atoms with Gasteiger partial charge in [0.1, 0.15) is 11.9 Å². The molecule has 5 nitrogen and oxygen atoms in total. The molecule has 0 bridgehead atoms. The smallest absolute Gasteiger partial charge is 0.393 e. The number of nitrogens with one attached hydrogen (secondary N) is 1. The lowest BCUT2D eigenvalue weighted by molar-refractivity contribution is 0.211. The Balaban J connectivity index is 1.85. The van der Waals surface area contributed by atoms with Crippen molar-refractivity contribution in [1.82, 2.24) is 4.57 Å². The van der Waals surface area contributed by atoms with E-state index in [1.165, 1.54) is 24.3 Å². The van der Waals surface area contributed by atoms with Crippen LogP contribution >= 0.6 is 11.6 Å². The molecule has 0 aliphatic rings. The van der Waals surface area contributed by atoms with Crippen molar-refractivity contribution < 1.29 is 13.9 Å². The molecule has 0 fully saturated rings. The Morgan fingerprint density at radius 3 is 2.85 bits per heavy atom. The first-order valence-corrected chi connectivity index (χ1v) is 8.37. The second kappa shape index (κ2) is 7.46. The van der Waals surface area contributed by atoms with Gasteiger partial charge in [-0.25, -0.2) is 9.18 Å². The molecule has 0 unspecified atom stereocenters. The molecule has 3 rings (SSSR count). The van der Waals surface area contributed by atoms with Crippen LogP contribution in [0.15, 0.2) is 42.5 Å². The van der Waals surface area contributed by atoms with Gasteiger partial charge in [-0.05, 0) is 36.8 Å². The third-order valence-corrected chi connectivity index (χ3v) is 4.15. The molecule has 0 aliphatic heterocycles. The molecule has 0 radical (unpaired) electrons. The fourth-order valence-electron chi connectivity index (χ4n) is 2.68. The second-order valence-corrected chi connectivity index (χ2v) is 6.03. The van der Waals surface area contributed by atoms with E-state index >= 15 is 0 Å². The summed E-state index contributed by atoms with van der Waals surface area (Å²) < 4.78 is 21.1. The van der Waals surface area contributed by atoms with Crippen molar-refractivity contribution in [3.8, 4) is 11.9 Å². The van der Waals surface area contributed by atoms with Gasteiger partial charge in [0.2, 0.25) is 5.88 Å². The molecule has 0 saturated carbocycles. The first kappa shape index (κ1) is 17.8. The van der Waals surface area contributed by atoms with Gasteiger partial charge in [0.25, 0.3) is 0 Å². The molecule has 0 aliphatic carbocycles. The highest BCUT2D eigenvalue weighted by Crippen LogP contribution is 2.28. The Bertz CT molecular complexity index is 1020. The van der Waals surface area contributed by atoms with Crippen LogP contribution in [0.5, 0.6) is 5.88 Å². The molecule has 1 heterocycles. The number of carbonyl (C=O) groups is 1. The van der Waals surface area contributed by atoms with E-state index in [0.29, 0.717) is 28.7 Å². The number of rotatable bonds is 4. The van der Waals surface area contributed by atoms with Gasteiger partial charge in [0, 0.05) is 23.7 Å². The van der Waals surface area contributed by atoms with Crippen LogP contribution < -0.4 is 10.1 Å². The highest BCUT2D eigenvalue weighted by molar-refractivity contribution is 6.32. The standard InChI is InChI=1S/C19H15ClFN3O2/c1-2-8-24-17-5-3-4-16(21)14(17)10-18(24)26-19(25)23-13-7-6-12(11-22)15(20)9-13/h3-7,9-10H,2,8H2,1H3,(H,23,25). The molecule has 0 spiro atoms. The van der Waals surface area contributed by atoms with E-state index < -0.39 is 6.09 Å². The summed E-state index contributed by atoms with van der Waals surface area (Å²) in [5.41, 5.74) is 1.36. The van der Waals surface area contributed by atoms with Crippen LogP contribution in [0.1, 0.15) is 18.9 Å². The van der Waals surface area contributed by atoms with Crippen molar-refractivity contribution in [3.05, 3.63) is 58.9 Å². The van der Waals surface area contributed by atoms with E-state index in [1.54, 1.807) is 22.8 Å². The van der Waals surface area contributed by atoms with Gasteiger partial charge in [-0.15, -0.1) is 0 Å². The number of aryl methyl sites for hydroxylation is 1. The van der Waals surface area contributed by atoms with Gasteiger partial charge in [0.15, 0.2) is 0 Å². The minimum Gasteiger partial charge on any atom is -0.393 e. The molecule has 1 aromatic heterocycles. The van der Waals surface area contributed by atoms with Gasteiger partial charge < -0.3 is 9.30 Å². The highest BCUT2D eigenvalue weighted by atomic mass is 35.5. The first-order chi connectivity index (χ1) is 12.5. The van der Waals surface area contributed by atoms with Crippen LogP contribution in [0.25, 0.3) is 10.9 Å². The maximum atomic E-state index is 14.0. The van der Waals surface area contributed by atoms with Crippen molar-refractivity contribution in [2.24, 2.45) is 0 Å². The average molecular weight is 372 g/mol. The average Bonchev–Trinajstić information content (AvgIpc) is 2.94. The summed E-state index contributed by atoms with van der Waals surface area (Å²) in [4.78, 5) is 12.2. The van der Waals surface area contributed by atoms with E-state index in [0.717, 1.165) is 6.42 Å². The van der Waals surface area contributed by atoms with Crippen LogP contribution in [0, 0.1) is 17.1 Å². The summed E-state index contributed by atoms with van der Waals surface area (Å²) in [6.07, 6.45) is 0.0649. The third-order valence-electron chi connectivity index (χ3n) is 3.83. The molecular weight excluding hydrogens is 357 g/mol. The summed E-state index contributed by atoms with van der Waals surface area (Å²) in [5, 5.41) is 12.1. The largest absolute Gasteiger partial charge is 0.418 e. The predicted molar refractivity (Wildman–Crippen MR) is 98.0 cm³/mol. The SMILES string of the molecule is CCCn1c(OC(=O)Nc2ccc(C#N)c(Cl)c2)cc2c(F)cccc21. The van der Waals surface area contributed by atoms with Crippen molar-refractivity contribution in [1.29, 1.82) is 5.26 Å². The second-order valence-electron chi connectivity index (χ2n) is 5.63. The van der Waals surface area contributed by atoms with Gasteiger partial charge in [-0.2, -0.15) is 5.26 Å². The minimum absolute atomic E-state index is 0.229. The fourth-order valence-corrected chi connectivity index (χ4v) is 2.91. The quantitative estimate of drug-likeness (QED) is 0.674. The molecule has 7 heteroatoms. The van der Waals surface area contributed by atoms with Gasteiger partial charge in [-0.1, -0.05) is 24.6 Å². The molecule has 132 valence electrons. The maximum Gasteiger partial charge on any atom is 0.418 e. The number of ether oxygens (including phenoxy) is 1. The van der Waals surface area contributed by atoms with Crippen molar-refractivity contribution >= 4 is 34.3 Å². The highest BCUT2D eigenvalue weighted by Gasteiger charge is 2.15. The third kappa shape index (κ3) is 3.48. The number of hydrogen-bond acceptors (Lipinski definition) is 3. The molecule has 3 aromatic rings. The number of fused-ring (bicyclic) bond motifs is 1. The Morgan fingerprint density at radius 1 is 1.35 bits per heavy atom. The number of carbonyl (C=O) groups excluding carboxylic acids is 1. The number of benzene rings is 2. The molecule has 1 N–H and O–H groups in total. The first-order valence-electron chi connectivity index (χ1n) is 7.99. The van der Waals surface area contributed by atoms with E-state index in [-0.39, 0.29) is 16.7 Å². The lowest BCUT2D eigenvalue weighted by atomic mass is 10.2. The van der Waals surface area contributed by atoms with E-state index in [1.807, 2.05) is 13.0 Å². The fraction of sp³-hybridized carbons (Fsp3) is 0.158. The lowest BCUT2D eigenvalue weighted by Crippen LogP contribution is -2.18.